The van der Waals surface area contributed by atoms with Crippen LogP contribution in [0.25, 0.3) is 0 Å². The van der Waals surface area contributed by atoms with Crippen molar-refractivity contribution in [3.05, 3.63) is 50.5 Å². The summed E-state index contributed by atoms with van der Waals surface area (Å²) in [4.78, 5) is 26.1. The first-order chi connectivity index (χ1) is 9.99. The van der Waals surface area contributed by atoms with Crippen molar-refractivity contribution in [1.82, 2.24) is 10.3 Å². The SMILES string of the molecule is C[C@@H](CNC(=O)c1ccc([N+](=O)[O-])cc1O)c1nccs1. The lowest BCUT2D eigenvalue weighted by molar-refractivity contribution is -0.384. The highest BCUT2D eigenvalue weighted by molar-refractivity contribution is 7.09. The number of phenols is 1. The number of aromatic hydroxyl groups is 1. The van der Waals surface area contributed by atoms with Gasteiger partial charge in [0.2, 0.25) is 0 Å². The van der Waals surface area contributed by atoms with E-state index in [0.29, 0.717) is 6.54 Å². The average Bonchev–Trinajstić information content (AvgIpc) is 2.98. The molecule has 0 saturated heterocycles. The molecule has 7 nitrogen and oxygen atoms in total. The first-order valence-electron chi connectivity index (χ1n) is 6.14. The Labute approximate surface area is 124 Å². The van der Waals surface area contributed by atoms with Gasteiger partial charge >= 0.3 is 0 Å². The molecule has 2 N–H and O–H groups in total. The second kappa shape index (κ2) is 6.31. The molecule has 0 aliphatic carbocycles. The van der Waals surface area contributed by atoms with Gasteiger partial charge in [0.25, 0.3) is 11.6 Å². The van der Waals surface area contributed by atoms with Crippen molar-refractivity contribution >= 4 is 22.9 Å². The fraction of sp³-hybridized carbons (Fsp3) is 0.231. The maximum atomic E-state index is 12.0. The number of thiazole rings is 1. The molecule has 1 aromatic heterocycles. The van der Waals surface area contributed by atoms with Crippen LogP contribution in [0.3, 0.4) is 0 Å². The molecule has 110 valence electrons. The summed E-state index contributed by atoms with van der Waals surface area (Å²) in [6, 6.07) is 3.37. The summed E-state index contributed by atoms with van der Waals surface area (Å²) in [6.45, 7) is 2.29. The van der Waals surface area contributed by atoms with Crippen molar-refractivity contribution < 1.29 is 14.8 Å². The Kier molecular flexibility index (Phi) is 4.49. The van der Waals surface area contributed by atoms with Gasteiger partial charge in [0.15, 0.2) is 0 Å². The highest BCUT2D eigenvalue weighted by Gasteiger charge is 2.17. The van der Waals surface area contributed by atoms with E-state index in [1.165, 1.54) is 23.5 Å². The molecule has 0 unspecified atom stereocenters. The third-order valence-electron chi connectivity index (χ3n) is 2.88. The second-order valence-electron chi connectivity index (χ2n) is 4.44. The molecule has 0 radical (unpaired) electrons. The number of nitro groups is 1. The number of phenolic OH excluding ortho intramolecular Hbond substituents is 1. The van der Waals surface area contributed by atoms with Gasteiger partial charge in [-0.25, -0.2) is 4.98 Å². The summed E-state index contributed by atoms with van der Waals surface area (Å²) in [6.07, 6.45) is 1.69. The molecule has 0 saturated carbocycles. The van der Waals surface area contributed by atoms with Crippen LogP contribution in [0.4, 0.5) is 5.69 Å². The number of rotatable bonds is 5. The Morgan fingerprint density at radius 2 is 2.33 bits per heavy atom. The van der Waals surface area contributed by atoms with Gasteiger partial charge in [-0.15, -0.1) is 11.3 Å². The van der Waals surface area contributed by atoms with Crippen LogP contribution < -0.4 is 5.32 Å². The quantitative estimate of drug-likeness (QED) is 0.651. The minimum Gasteiger partial charge on any atom is -0.507 e. The Hall–Kier alpha value is -2.48. The number of amides is 1. The van der Waals surface area contributed by atoms with Gasteiger partial charge in [-0.05, 0) is 6.07 Å². The van der Waals surface area contributed by atoms with Crippen molar-refractivity contribution in [2.45, 2.75) is 12.8 Å². The van der Waals surface area contributed by atoms with Crippen molar-refractivity contribution in [3.8, 4) is 5.75 Å². The molecular formula is C13H13N3O4S. The summed E-state index contributed by atoms with van der Waals surface area (Å²) in [7, 11) is 0. The van der Waals surface area contributed by atoms with E-state index in [2.05, 4.69) is 10.3 Å². The molecular weight excluding hydrogens is 294 g/mol. The zero-order chi connectivity index (χ0) is 15.4. The molecule has 1 heterocycles. The molecule has 21 heavy (non-hydrogen) atoms. The molecule has 0 aliphatic rings. The maximum Gasteiger partial charge on any atom is 0.273 e. The van der Waals surface area contributed by atoms with Crippen LogP contribution in [0, 0.1) is 10.1 Å². The number of aromatic nitrogens is 1. The summed E-state index contributed by atoms with van der Waals surface area (Å²) in [5.74, 6) is -0.844. The van der Waals surface area contributed by atoms with Gasteiger partial charge < -0.3 is 10.4 Å². The van der Waals surface area contributed by atoms with Crippen molar-refractivity contribution in [2.75, 3.05) is 6.54 Å². The zero-order valence-corrected chi connectivity index (χ0v) is 12.0. The predicted molar refractivity (Wildman–Crippen MR) is 77.6 cm³/mol. The third kappa shape index (κ3) is 3.54. The molecule has 0 fully saturated rings. The van der Waals surface area contributed by atoms with Crippen LogP contribution in [0.1, 0.15) is 28.2 Å². The lowest BCUT2D eigenvalue weighted by Gasteiger charge is -2.10. The fourth-order valence-corrected chi connectivity index (χ4v) is 2.43. The topological polar surface area (TPSA) is 105 Å². The van der Waals surface area contributed by atoms with Crippen LogP contribution in [0.15, 0.2) is 29.8 Å². The van der Waals surface area contributed by atoms with E-state index in [0.717, 1.165) is 11.1 Å². The number of carbonyl (C=O) groups excluding carboxylic acids is 1. The van der Waals surface area contributed by atoms with Crippen molar-refractivity contribution in [1.29, 1.82) is 0 Å². The molecule has 0 spiro atoms. The van der Waals surface area contributed by atoms with Gasteiger partial charge in [0, 0.05) is 30.1 Å². The maximum absolute atomic E-state index is 12.0. The Morgan fingerprint density at radius 1 is 1.57 bits per heavy atom. The normalized spacial score (nSPS) is 11.9. The van der Waals surface area contributed by atoms with Crippen molar-refractivity contribution in [2.24, 2.45) is 0 Å². The zero-order valence-electron chi connectivity index (χ0n) is 11.1. The van der Waals surface area contributed by atoms with Gasteiger partial charge in [0.05, 0.1) is 21.6 Å². The molecule has 2 aromatic rings. The molecule has 2 rings (SSSR count). The highest BCUT2D eigenvalue weighted by Crippen LogP contribution is 2.23. The van der Waals surface area contributed by atoms with Crippen LogP contribution in [-0.4, -0.2) is 27.5 Å². The molecule has 1 atom stereocenters. The monoisotopic (exact) mass is 307 g/mol. The van der Waals surface area contributed by atoms with Crippen molar-refractivity contribution in [3.63, 3.8) is 0 Å². The number of carbonyl (C=O) groups is 1. The van der Waals surface area contributed by atoms with E-state index in [-0.39, 0.29) is 17.2 Å². The van der Waals surface area contributed by atoms with E-state index in [9.17, 15) is 20.0 Å². The number of hydrogen-bond acceptors (Lipinski definition) is 6. The van der Waals surface area contributed by atoms with Gasteiger partial charge in [-0.1, -0.05) is 6.92 Å². The number of nitro benzene ring substituents is 1. The summed E-state index contributed by atoms with van der Waals surface area (Å²) in [5, 5.41) is 25.7. The smallest absolute Gasteiger partial charge is 0.273 e. The van der Waals surface area contributed by atoms with E-state index < -0.39 is 16.6 Å². The van der Waals surface area contributed by atoms with Crippen LogP contribution in [-0.2, 0) is 0 Å². The number of nitrogens with one attached hydrogen (secondary N) is 1. The number of hydrogen-bond donors (Lipinski definition) is 2. The van der Waals surface area contributed by atoms with Crippen LogP contribution in [0.5, 0.6) is 5.75 Å². The molecule has 1 amide bonds. The van der Waals surface area contributed by atoms with Gasteiger partial charge in [0.1, 0.15) is 5.75 Å². The van der Waals surface area contributed by atoms with Crippen LogP contribution in [0.2, 0.25) is 0 Å². The second-order valence-corrected chi connectivity index (χ2v) is 5.37. The van der Waals surface area contributed by atoms with E-state index in [4.69, 9.17) is 0 Å². The van der Waals surface area contributed by atoms with E-state index in [1.54, 1.807) is 6.20 Å². The molecule has 1 aromatic carbocycles. The van der Waals surface area contributed by atoms with Gasteiger partial charge in [-0.2, -0.15) is 0 Å². The minimum atomic E-state index is -0.633. The molecule has 8 heteroatoms. The van der Waals surface area contributed by atoms with E-state index in [1.807, 2.05) is 12.3 Å². The number of benzene rings is 1. The number of non-ortho nitro benzene ring substituents is 1. The summed E-state index contributed by atoms with van der Waals surface area (Å²) < 4.78 is 0. The number of nitrogens with zero attached hydrogens (tertiary/aromatic N) is 2. The Bertz CT molecular complexity index is 657. The van der Waals surface area contributed by atoms with E-state index >= 15 is 0 Å². The predicted octanol–water partition coefficient (Wildman–Crippen LogP) is 2.29. The molecule has 0 aliphatic heterocycles. The molecule has 0 bridgehead atoms. The average molecular weight is 307 g/mol. The summed E-state index contributed by atoms with van der Waals surface area (Å²) in [5.41, 5.74) is -0.257. The highest BCUT2D eigenvalue weighted by atomic mass is 32.1. The van der Waals surface area contributed by atoms with Gasteiger partial charge in [-0.3, -0.25) is 14.9 Å². The third-order valence-corrected chi connectivity index (χ3v) is 3.89. The lowest BCUT2D eigenvalue weighted by atomic mass is 10.1. The Morgan fingerprint density at radius 3 is 2.90 bits per heavy atom. The first-order valence-corrected chi connectivity index (χ1v) is 7.02. The summed E-state index contributed by atoms with van der Waals surface area (Å²) >= 11 is 1.50. The standard InChI is InChI=1S/C13H13N3O4S/c1-8(13-14-4-5-21-13)7-15-12(18)10-3-2-9(16(19)20)6-11(10)17/h2-6,8,17H,7H2,1H3,(H,15,18)/t8-/m0/s1. The minimum absolute atomic E-state index is 0.00642. The Balaban J connectivity index is 2.02. The lowest BCUT2D eigenvalue weighted by Crippen LogP contribution is -2.27. The largest absolute Gasteiger partial charge is 0.507 e. The van der Waals surface area contributed by atoms with Crippen LogP contribution >= 0.6 is 11.3 Å². The fourth-order valence-electron chi connectivity index (χ4n) is 1.73. The first kappa shape index (κ1) is 14.9.